The molecule has 1 N–H and O–H groups in total. The number of rotatable bonds is 10. The number of hydrogen-bond acceptors (Lipinski definition) is 4. The molecule has 4 rings (SSSR count). The lowest BCUT2D eigenvalue weighted by Crippen LogP contribution is -2.49. The molecule has 0 aliphatic carbocycles. The molecule has 0 radical (unpaired) electrons. The predicted molar refractivity (Wildman–Crippen MR) is 135 cm³/mol. The molecule has 0 bridgehead atoms. The minimum atomic E-state index is -0.349. The van der Waals surface area contributed by atoms with Gasteiger partial charge in [-0.05, 0) is 60.5 Å². The summed E-state index contributed by atoms with van der Waals surface area (Å²) in [4.78, 5) is 5.97. The van der Waals surface area contributed by atoms with Gasteiger partial charge in [-0.15, -0.1) is 11.8 Å². The van der Waals surface area contributed by atoms with Crippen LogP contribution in [0, 0.1) is 11.6 Å². The van der Waals surface area contributed by atoms with Gasteiger partial charge in [0, 0.05) is 49.3 Å². The van der Waals surface area contributed by atoms with Gasteiger partial charge in [-0.1, -0.05) is 42.5 Å². The zero-order chi connectivity index (χ0) is 23.8. The smallest absolute Gasteiger partial charge is 0.123 e. The highest BCUT2D eigenvalue weighted by molar-refractivity contribution is 7.99. The van der Waals surface area contributed by atoms with E-state index < -0.39 is 0 Å². The number of aliphatic hydroxyl groups excluding tert-OH is 1. The van der Waals surface area contributed by atoms with Crippen LogP contribution in [0.1, 0.15) is 23.5 Å². The van der Waals surface area contributed by atoms with Crippen LogP contribution in [0.4, 0.5) is 8.78 Å². The summed E-state index contributed by atoms with van der Waals surface area (Å²) < 4.78 is 26.9. The molecule has 1 aliphatic heterocycles. The molecule has 6 heteroatoms. The normalized spacial score (nSPS) is 16.1. The number of aliphatic hydroxyl groups is 1. The molecule has 0 aromatic heterocycles. The van der Waals surface area contributed by atoms with Gasteiger partial charge >= 0.3 is 0 Å². The standard InChI is InChI=1S/C28H32F2N2OS/c29-24-10-6-22(7-11-24)28(23-8-12-25(30)13-9-23)14-15-31-16-18-32(19-17-31)20-26(33)21-34-27-4-2-1-3-5-27/h1-13,26,28,33H,14-21H2. The number of hydrogen-bond donors (Lipinski definition) is 1. The van der Waals surface area contributed by atoms with Crippen molar-refractivity contribution in [2.75, 3.05) is 45.0 Å². The molecule has 1 heterocycles. The second-order valence-electron chi connectivity index (χ2n) is 8.86. The summed E-state index contributed by atoms with van der Waals surface area (Å²) in [6.07, 6.45) is 0.534. The number of nitrogens with zero attached hydrogens (tertiary/aromatic N) is 2. The monoisotopic (exact) mass is 482 g/mol. The van der Waals surface area contributed by atoms with Crippen molar-refractivity contribution in [3.05, 3.63) is 102 Å². The second-order valence-corrected chi connectivity index (χ2v) is 9.96. The van der Waals surface area contributed by atoms with Crippen molar-refractivity contribution in [1.29, 1.82) is 0 Å². The van der Waals surface area contributed by atoms with Gasteiger partial charge in [-0.2, -0.15) is 0 Å². The van der Waals surface area contributed by atoms with E-state index in [1.54, 1.807) is 11.8 Å². The third-order valence-corrected chi connectivity index (χ3v) is 7.56. The van der Waals surface area contributed by atoms with E-state index in [0.29, 0.717) is 12.3 Å². The van der Waals surface area contributed by atoms with Gasteiger partial charge in [-0.25, -0.2) is 8.78 Å². The van der Waals surface area contributed by atoms with Crippen molar-refractivity contribution in [1.82, 2.24) is 9.80 Å². The molecule has 1 aliphatic rings. The number of thioether (sulfide) groups is 1. The highest BCUT2D eigenvalue weighted by atomic mass is 32.2. The van der Waals surface area contributed by atoms with E-state index in [-0.39, 0.29) is 23.7 Å². The summed E-state index contributed by atoms with van der Waals surface area (Å²) in [5.74, 6) is 0.293. The fourth-order valence-corrected chi connectivity index (χ4v) is 5.32. The molecule has 3 aromatic carbocycles. The number of piperazine rings is 1. The molecule has 0 saturated carbocycles. The number of β-amino-alcohol motifs (C(OH)–C–C–N with tert-alkyl or cyclic N) is 1. The van der Waals surface area contributed by atoms with E-state index in [2.05, 4.69) is 21.9 Å². The van der Waals surface area contributed by atoms with E-state index >= 15 is 0 Å². The van der Waals surface area contributed by atoms with E-state index in [1.165, 1.54) is 29.2 Å². The maximum Gasteiger partial charge on any atom is 0.123 e. The molecular formula is C28H32F2N2OS. The lowest BCUT2D eigenvalue weighted by Gasteiger charge is -2.36. The van der Waals surface area contributed by atoms with Gasteiger partial charge in [0.1, 0.15) is 11.6 Å². The molecule has 1 saturated heterocycles. The summed E-state index contributed by atoms with van der Waals surface area (Å²) in [6.45, 7) is 5.40. The van der Waals surface area contributed by atoms with Crippen LogP contribution in [-0.2, 0) is 0 Å². The van der Waals surface area contributed by atoms with Gasteiger partial charge in [-0.3, -0.25) is 4.90 Å². The van der Waals surface area contributed by atoms with Crippen LogP contribution in [0.5, 0.6) is 0 Å². The Labute approximate surface area is 205 Å². The Morgan fingerprint density at radius 2 is 1.26 bits per heavy atom. The highest BCUT2D eigenvalue weighted by Crippen LogP contribution is 2.29. The molecule has 34 heavy (non-hydrogen) atoms. The van der Waals surface area contributed by atoms with E-state index in [0.717, 1.165) is 50.3 Å². The predicted octanol–water partition coefficient (Wildman–Crippen LogP) is 5.26. The van der Waals surface area contributed by atoms with E-state index in [1.807, 2.05) is 42.5 Å². The van der Waals surface area contributed by atoms with Crippen LogP contribution in [0.25, 0.3) is 0 Å². The van der Waals surface area contributed by atoms with E-state index in [4.69, 9.17) is 0 Å². The minimum absolute atomic E-state index is 0.0936. The van der Waals surface area contributed by atoms with Crippen LogP contribution in [0.3, 0.4) is 0 Å². The van der Waals surface area contributed by atoms with Gasteiger partial charge < -0.3 is 10.0 Å². The maximum atomic E-state index is 13.5. The Bertz CT molecular complexity index is 948. The number of benzene rings is 3. The molecule has 1 fully saturated rings. The second kappa shape index (κ2) is 12.5. The Kier molecular flexibility index (Phi) is 9.11. The van der Waals surface area contributed by atoms with Crippen molar-refractivity contribution in [2.24, 2.45) is 0 Å². The first-order valence-corrected chi connectivity index (χ1v) is 12.9. The summed E-state index contributed by atoms with van der Waals surface area (Å²) in [6, 6.07) is 23.5. The highest BCUT2D eigenvalue weighted by Gasteiger charge is 2.21. The Hall–Kier alpha value is -2.25. The summed E-state index contributed by atoms with van der Waals surface area (Å²) in [5.41, 5.74) is 2.09. The van der Waals surface area contributed by atoms with Crippen LogP contribution in [-0.4, -0.2) is 66.0 Å². The van der Waals surface area contributed by atoms with E-state index in [9.17, 15) is 13.9 Å². The van der Waals surface area contributed by atoms with Gasteiger partial charge in [0.05, 0.1) is 6.10 Å². The van der Waals surface area contributed by atoms with Crippen molar-refractivity contribution < 1.29 is 13.9 Å². The quantitative estimate of drug-likeness (QED) is 0.399. The largest absolute Gasteiger partial charge is 0.391 e. The Morgan fingerprint density at radius 1 is 0.735 bits per heavy atom. The first-order valence-electron chi connectivity index (χ1n) is 11.9. The zero-order valence-electron chi connectivity index (χ0n) is 19.3. The van der Waals surface area contributed by atoms with Gasteiger partial charge in [0.25, 0.3) is 0 Å². The average Bonchev–Trinajstić information content (AvgIpc) is 2.86. The lowest BCUT2D eigenvalue weighted by atomic mass is 9.88. The molecule has 3 nitrogen and oxygen atoms in total. The fourth-order valence-electron chi connectivity index (χ4n) is 4.48. The molecule has 1 atom stereocenters. The van der Waals surface area contributed by atoms with Crippen molar-refractivity contribution in [2.45, 2.75) is 23.3 Å². The van der Waals surface area contributed by atoms with Crippen molar-refractivity contribution >= 4 is 11.8 Å². The average molecular weight is 483 g/mol. The summed E-state index contributed by atoms with van der Waals surface area (Å²) in [7, 11) is 0. The Balaban J connectivity index is 1.26. The molecule has 0 spiro atoms. The minimum Gasteiger partial charge on any atom is -0.391 e. The first-order chi connectivity index (χ1) is 16.6. The van der Waals surface area contributed by atoms with Crippen LogP contribution >= 0.6 is 11.8 Å². The molecule has 3 aromatic rings. The number of halogens is 2. The molecule has 180 valence electrons. The molecule has 1 unspecified atom stereocenters. The van der Waals surface area contributed by atoms with Crippen LogP contribution in [0.15, 0.2) is 83.8 Å². The zero-order valence-corrected chi connectivity index (χ0v) is 20.1. The topological polar surface area (TPSA) is 26.7 Å². The fraction of sp³-hybridized carbons (Fsp3) is 0.357. The summed E-state index contributed by atoms with van der Waals surface area (Å²) in [5, 5.41) is 10.5. The van der Waals surface area contributed by atoms with Crippen molar-refractivity contribution in [3.8, 4) is 0 Å². The summed E-state index contributed by atoms with van der Waals surface area (Å²) >= 11 is 1.69. The molecule has 0 amide bonds. The van der Waals surface area contributed by atoms with Crippen LogP contribution in [0.2, 0.25) is 0 Å². The SMILES string of the molecule is OC(CSc1ccccc1)CN1CCN(CCC(c2ccc(F)cc2)c2ccc(F)cc2)CC1. The first kappa shape index (κ1) is 24.9. The third kappa shape index (κ3) is 7.37. The molecular weight excluding hydrogens is 450 g/mol. The van der Waals surface area contributed by atoms with Crippen molar-refractivity contribution in [3.63, 3.8) is 0 Å². The van der Waals surface area contributed by atoms with Crippen LogP contribution < -0.4 is 0 Å². The lowest BCUT2D eigenvalue weighted by molar-refractivity contribution is 0.0818. The van der Waals surface area contributed by atoms with Gasteiger partial charge in [0.2, 0.25) is 0 Å². The van der Waals surface area contributed by atoms with Gasteiger partial charge in [0.15, 0.2) is 0 Å². The third-order valence-electron chi connectivity index (χ3n) is 6.40. The Morgan fingerprint density at radius 3 is 1.82 bits per heavy atom. The maximum absolute atomic E-state index is 13.5.